The number of hydrogen-bond acceptors (Lipinski definition) is 3. The molecule has 0 spiro atoms. The molecular formula is C12H15Br3N2O. The lowest BCUT2D eigenvalue weighted by Gasteiger charge is -2.34. The van der Waals surface area contributed by atoms with Gasteiger partial charge in [-0.05, 0) is 44.8 Å². The van der Waals surface area contributed by atoms with Gasteiger partial charge >= 0.3 is 0 Å². The maximum Gasteiger partial charge on any atom is 0.144 e. The number of rotatable bonds is 2. The van der Waals surface area contributed by atoms with Crippen molar-refractivity contribution in [1.29, 1.82) is 0 Å². The van der Waals surface area contributed by atoms with Gasteiger partial charge in [0.2, 0.25) is 0 Å². The Balaban J connectivity index is 2.34. The summed E-state index contributed by atoms with van der Waals surface area (Å²) in [6, 6.07) is 2.16. The third-order valence-corrected chi connectivity index (χ3v) is 5.36. The molecule has 1 aliphatic rings. The second-order valence-electron chi connectivity index (χ2n) is 4.38. The zero-order chi connectivity index (χ0) is 13.3. The molecule has 0 radical (unpaired) electrons. The van der Waals surface area contributed by atoms with E-state index in [1.165, 1.54) is 0 Å². The van der Waals surface area contributed by atoms with Gasteiger partial charge in [0.25, 0.3) is 0 Å². The van der Waals surface area contributed by atoms with Gasteiger partial charge < -0.3 is 10.4 Å². The highest BCUT2D eigenvalue weighted by Crippen LogP contribution is 2.43. The minimum absolute atomic E-state index is 0.259. The number of benzene rings is 1. The number of hydrogen-bond donors (Lipinski definition) is 2. The Labute approximate surface area is 132 Å². The lowest BCUT2D eigenvalue weighted by molar-refractivity contribution is 0.184. The van der Waals surface area contributed by atoms with E-state index in [-0.39, 0.29) is 11.8 Å². The summed E-state index contributed by atoms with van der Waals surface area (Å²) in [5.41, 5.74) is 1.10. The fourth-order valence-corrected chi connectivity index (χ4v) is 5.01. The highest BCUT2D eigenvalue weighted by molar-refractivity contribution is 9.11. The normalized spacial score (nSPS) is 18.9. The SMILES string of the molecule is C[C@@H](c1c(Br)cc(Br)c(O)c1Br)N1CCNCC1. The molecule has 100 valence electrons. The zero-order valence-electron chi connectivity index (χ0n) is 10.0. The molecule has 1 aromatic carbocycles. The average molecular weight is 443 g/mol. The Kier molecular flexibility index (Phi) is 5.11. The van der Waals surface area contributed by atoms with Gasteiger partial charge in [-0.2, -0.15) is 0 Å². The van der Waals surface area contributed by atoms with Crippen molar-refractivity contribution in [1.82, 2.24) is 10.2 Å². The van der Waals surface area contributed by atoms with Crippen LogP contribution >= 0.6 is 47.8 Å². The molecule has 1 saturated heterocycles. The van der Waals surface area contributed by atoms with Crippen molar-refractivity contribution in [3.05, 3.63) is 25.0 Å². The van der Waals surface area contributed by atoms with Crippen molar-refractivity contribution in [3.8, 4) is 5.75 Å². The van der Waals surface area contributed by atoms with Crippen molar-refractivity contribution in [3.63, 3.8) is 0 Å². The second kappa shape index (κ2) is 6.22. The molecule has 0 amide bonds. The predicted molar refractivity (Wildman–Crippen MR) is 84.1 cm³/mol. The zero-order valence-corrected chi connectivity index (χ0v) is 14.8. The third-order valence-electron chi connectivity index (χ3n) is 3.30. The summed E-state index contributed by atoms with van der Waals surface area (Å²) in [6.45, 7) is 6.25. The van der Waals surface area contributed by atoms with E-state index in [1.54, 1.807) is 0 Å². The second-order valence-corrected chi connectivity index (χ2v) is 6.88. The van der Waals surface area contributed by atoms with E-state index < -0.39 is 0 Å². The van der Waals surface area contributed by atoms with Crippen LogP contribution in [-0.4, -0.2) is 36.2 Å². The lowest BCUT2D eigenvalue weighted by Crippen LogP contribution is -2.44. The molecule has 0 aromatic heterocycles. The van der Waals surface area contributed by atoms with Crippen molar-refractivity contribution < 1.29 is 5.11 Å². The van der Waals surface area contributed by atoms with Gasteiger partial charge in [-0.25, -0.2) is 0 Å². The maximum atomic E-state index is 10.0. The van der Waals surface area contributed by atoms with Crippen LogP contribution in [-0.2, 0) is 0 Å². The molecule has 18 heavy (non-hydrogen) atoms. The van der Waals surface area contributed by atoms with Gasteiger partial charge in [0.15, 0.2) is 0 Å². The minimum atomic E-state index is 0.259. The highest BCUT2D eigenvalue weighted by atomic mass is 79.9. The maximum absolute atomic E-state index is 10.0. The highest BCUT2D eigenvalue weighted by Gasteiger charge is 2.24. The standard InChI is InChI=1S/C12H15Br3N2O/c1-7(17-4-2-16-3-5-17)10-8(13)6-9(14)12(18)11(10)15/h6-7,16,18H,2-5H2,1H3/t7-/m0/s1. The molecule has 1 atom stereocenters. The Morgan fingerprint density at radius 2 is 1.83 bits per heavy atom. The molecule has 1 fully saturated rings. The monoisotopic (exact) mass is 440 g/mol. The topological polar surface area (TPSA) is 35.5 Å². The first-order valence-electron chi connectivity index (χ1n) is 5.83. The van der Waals surface area contributed by atoms with Gasteiger partial charge in [0, 0.05) is 42.3 Å². The van der Waals surface area contributed by atoms with Gasteiger partial charge in [0.05, 0.1) is 8.95 Å². The van der Waals surface area contributed by atoms with E-state index in [0.717, 1.165) is 40.7 Å². The van der Waals surface area contributed by atoms with Crippen molar-refractivity contribution in [2.45, 2.75) is 13.0 Å². The van der Waals surface area contributed by atoms with Crippen LogP contribution in [0.15, 0.2) is 19.5 Å². The molecule has 2 rings (SSSR count). The first-order chi connectivity index (χ1) is 8.52. The summed E-state index contributed by atoms with van der Waals surface area (Å²) >= 11 is 10.4. The largest absolute Gasteiger partial charge is 0.506 e. The molecule has 1 aromatic rings. The van der Waals surface area contributed by atoms with E-state index in [1.807, 2.05) is 6.07 Å². The molecule has 2 N–H and O–H groups in total. The first kappa shape index (κ1) is 14.8. The van der Waals surface area contributed by atoms with Crippen LogP contribution in [0.5, 0.6) is 5.75 Å². The molecule has 0 saturated carbocycles. The molecule has 0 unspecified atom stereocenters. The number of phenolic OH excluding ortho intramolecular Hbond substituents is 1. The van der Waals surface area contributed by atoms with E-state index in [0.29, 0.717) is 4.47 Å². The van der Waals surface area contributed by atoms with Crippen LogP contribution < -0.4 is 5.32 Å². The average Bonchev–Trinajstić information content (AvgIpc) is 2.37. The summed E-state index contributed by atoms with van der Waals surface area (Å²) in [7, 11) is 0. The van der Waals surface area contributed by atoms with E-state index in [2.05, 4.69) is 64.9 Å². The Hall–Kier alpha value is 0.380. The van der Waals surface area contributed by atoms with Crippen LogP contribution in [0.1, 0.15) is 18.5 Å². The lowest BCUT2D eigenvalue weighted by atomic mass is 10.1. The number of piperazine rings is 1. The van der Waals surface area contributed by atoms with Crippen LogP contribution in [0.4, 0.5) is 0 Å². The van der Waals surface area contributed by atoms with Gasteiger partial charge in [-0.3, -0.25) is 4.90 Å². The molecule has 3 nitrogen and oxygen atoms in total. The molecule has 1 aliphatic heterocycles. The van der Waals surface area contributed by atoms with Crippen LogP contribution in [0.25, 0.3) is 0 Å². The van der Waals surface area contributed by atoms with Crippen molar-refractivity contribution >= 4 is 47.8 Å². The molecular weight excluding hydrogens is 428 g/mol. The Morgan fingerprint density at radius 1 is 1.22 bits per heavy atom. The summed E-state index contributed by atoms with van der Waals surface area (Å²) in [5.74, 6) is 0.259. The quantitative estimate of drug-likeness (QED) is 0.734. The van der Waals surface area contributed by atoms with E-state index in [9.17, 15) is 5.11 Å². The summed E-state index contributed by atoms with van der Waals surface area (Å²) in [5, 5.41) is 13.4. The number of halogens is 3. The van der Waals surface area contributed by atoms with E-state index in [4.69, 9.17) is 0 Å². The van der Waals surface area contributed by atoms with E-state index >= 15 is 0 Å². The van der Waals surface area contributed by atoms with Crippen LogP contribution in [0, 0.1) is 0 Å². The fraction of sp³-hybridized carbons (Fsp3) is 0.500. The Morgan fingerprint density at radius 3 is 2.44 bits per heavy atom. The summed E-state index contributed by atoms with van der Waals surface area (Å²) < 4.78 is 2.46. The number of aromatic hydroxyl groups is 1. The number of phenols is 1. The minimum Gasteiger partial charge on any atom is -0.506 e. The van der Waals surface area contributed by atoms with Gasteiger partial charge in [-0.1, -0.05) is 15.9 Å². The van der Waals surface area contributed by atoms with Crippen molar-refractivity contribution in [2.24, 2.45) is 0 Å². The summed E-state index contributed by atoms with van der Waals surface area (Å²) in [4.78, 5) is 2.41. The van der Waals surface area contributed by atoms with Crippen molar-refractivity contribution in [2.75, 3.05) is 26.2 Å². The Bertz CT molecular complexity index is 447. The molecule has 0 aliphatic carbocycles. The third kappa shape index (κ3) is 2.93. The van der Waals surface area contributed by atoms with Crippen LogP contribution in [0.2, 0.25) is 0 Å². The molecule has 0 bridgehead atoms. The molecule has 6 heteroatoms. The fourth-order valence-electron chi connectivity index (χ4n) is 2.23. The smallest absolute Gasteiger partial charge is 0.144 e. The molecule has 1 heterocycles. The van der Waals surface area contributed by atoms with Crippen LogP contribution in [0.3, 0.4) is 0 Å². The summed E-state index contributed by atoms with van der Waals surface area (Å²) in [6.07, 6.45) is 0. The van der Waals surface area contributed by atoms with Gasteiger partial charge in [0.1, 0.15) is 5.75 Å². The predicted octanol–water partition coefficient (Wildman–Crippen LogP) is 3.65. The number of nitrogens with zero attached hydrogens (tertiary/aromatic N) is 1. The van der Waals surface area contributed by atoms with Gasteiger partial charge in [-0.15, -0.1) is 0 Å². The first-order valence-corrected chi connectivity index (χ1v) is 8.21. The number of nitrogens with one attached hydrogen (secondary N) is 1.